The van der Waals surface area contributed by atoms with Crippen molar-refractivity contribution in [1.82, 2.24) is 5.32 Å². The minimum atomic E-state index is 0.745. The number of hydrogen-bond donors (Lipinski definition) is 1. The molecule has 0 spiro atoms. The van der Waals surface area contributed by atoms with Crippen LogP contribution in [-0.2, 0) is 4.74 Å². The maximum Gasteiger partial charge on any atom is 0.0469 e. The topological polar surface area (TPSA) is 21.3 Å². The second-order valence-corrected chi connectivity index (χ2v) is 6.24. The van der Waals surface area contributed by atoms with Gasteiger partial charge in [-0.2, -0.15) is 0 Å². The lowest BCUT2D eigenvalue weighted by molar-refractivity contribution is 0.0640. The quantitative estimate of drug-likeness (QED) is 0.896. The number of benzene rings is 1. The molecule has 1 heterocycles. The van der Waals surface area contributed by atoms with Gasteiger partial charge in [0.15, 0.2) is 0 Å². The van der Waals surface area contributed by atoms with Crippen LogP contribution in [0.15, 0.2) is 24.3 Å². The van der Waals surface area contributed by atoms with E-state index in [-0.39, 0.29) is 0 Å². The summed E-state index contributed by atoms with van der Waals surface area (Å²) in [7, 11) is 0. The normalized spacial score (nSPS) is 28.1. The van der Waals surface area contributed by atoms with E-state index in [1.165, 1.54) is 43.4 Å². The lowest BCUT2D eigenvalue weighted by Gasteiger charge is -2.37. The highest BCUT2D eigenvalue weighted by atomic mass is 16.5. The molecule has 1 aliphatic heterocycles. The number of nitrogens with one attached hydrogen (secondary N) is 1. The van der Waals surface area contributed by atoms with Crippen LogP contribution in [0.1, 0.15) is 42.7 Å². The van der Waals surface area contributed by atoms with E-state index in [1.807, 2.05) is 0 Å². The van der Waals surface area contributed by atoms with Gasteiger partial charge in [0.1, 0.15) is 0 Å². The van der Waals surface area contributed by atoms with Crippen LogP contribution in [-0.4, -0.2) is 25.8 Å². The summed E-state index contributed by atoms with van der Waals surface area (Å²) in [5, 5.41) is 3.74. The van der Waals surface area contributed by atoms with Gasteiger partial charge >= 0.3 is 0 Å². The number of rotatable bonds is 4. The summed E-state index contributed by atoms with van der Waals surface area (Å²) in [6.07, 6.45) is 5.10. The van der Waals surface area contributed by atoms with Crippen molar-refractivity contribution in [3.8, 4) is 0 Å². The second-order valence-electron chi connectivity index (χ2n) is 6.24. The third-order valence-electron chi connectivity index (χ3n) is 4.72. The summed E-state index contributed by atoms with van der Waals surface area (Å²) in [4.78, 5) is 0. The lowest BCUT2D eigenvalue weighted by atomic mass is 9.75. The first kappa shape index (κ1) is 13.1. The molecule has 2 fully saturated rings. The zero-order chi connectivity index (χ0) is 13.1. The minimum Gasteiger partial charge on any atom is -0.381 e. The first-order valence-corrected chi connectivity index (χ1v) is 7.69. The van der Waals surface area contributed by atoms with Gasteiger partial charge in [-0.3, -0.25) is 0 Å². The van der Waals surface area contributed by atoms with Crippen LogP contribution < -0.4 is 5.32 Å². The molecule has 0 radical (unpaired) electrons. The molecule has 0 unspecified atom stereocenters. The Bertz CT molecular complexity index is 388. The first-order valence-electron chi connectivity index (χ1n) is 7.69. The maximum atomic E-state index is 5.40. The van der Waals surface area contributed by atoms with Crippen molar-refractivity contribution in [2.75, 3.05) is 19.8 Å². The predicted molar refractivity (Wildman–Crippen MR) is 78.5 cm³/mol. The first-order chi connectivity index (χ1) is 9.31. The second kappa shape index (κ2) is 6.06. The molecule has 1 saturated carbocycles. The van der Waals surface area contributed by atoms with Crippen LogP contribution in [0.4, 0.5) is 0 Å². The molecule has 2 nitrogen and oxygen atoms in total. The highest BCUT2D eigenvalue weighted by molar-refractivity contribution is 5.26. The smallest absolute Gasteiger partial charge is 0.0469 e. The highest BCUT2D eigenvalue weighted by Gasteiger charge is 2.30. The third-order valence-corrected chi connectivity index (χ3v) is 4.72. The molecule has 0 atom stereocenters. The average Bonchev–Trinajstić information content (AvgIpc) is 2.40. The molecule has 1 aromatic rings. The molecule has 1 N–H and O–H groups in total. The maximum absolute atomic E-state index is 5.40. The Balaban J connectivity index is 1.39. The molecule has 2 heteroatoms. The molecule has 3 rings (SSSR count). The summed E-state index contributed by atoms with van der Waals surface area (Å²) in [5.41, 5.74) is 2.88. The van der Waals surface area contributed by atoms with Gasteiger partial charge in [0, 0.05) is 19.3 Å². The van der Waals surface area contributed by atoms with Crippen molar-refractivity contribution in [1.29, 1.82) is 0 Å². The van der Waals surface area contributed by atoms with Gasteiger partial charge in [0.25, 0.3) is 0 Å². The van der Waals surface area contributed by atoms with Crippen molar-refractivity contribution in [3.05, 3.63) is 35.4 Å². The van der Waals surface area contributed by atoms with E-state index in [0.717, 1.165) is 31.1 Å². The van der Waals surface area contributed by atoms with E-state index >= 15 is 0 Å². The van der Waals surface area contributed by atoms with Crippen molar-refractivity contribution in [2.24, 2.45) is 5.92 Å². The van der Waals surface area contributed by atoms with Crippen LogP contribution in [0.5, 0.6) is 0 Å². The molecule has 0 aromatic heterocycles. The summed E-state index contributed by atoms with van der Waals surface area (Å²) in [5.74, 6) is 1.62. The summed E-state index contributed by atoms with van der Waals surface area (Å²) in [6.45, 7) is 5.27. The summed E-state index contributed by atoms with van der Waals surface area (Å²) >= 11 is 0. The van der Waals surface area contributed by atoms with E-state index in [0.29, 0.717) is 0 Å². The Morgan fingerprint density at radius 2 is 1.79 bits per heavy atom. The minimum absolute atomic E-state index is 0.745. The van der Waals surface area contributed by atoms with Crippen molar-refractivity contribution in [2.45, 2.75) is 44.6 Å². The van der Waals surface area contributed by atoms with Crippen LogP contribution in [0.2, 0.25) is 0 Å². The van der Waals surface area contributed by atoms with Gasteiger partial charge in [0.2, 0.25) is 0 Å². The fourth-order valence-electron chi connectivity index (χ4n) is 3.18. The highest BCUT2D eigenvalue weighted by Crippen LogP contribution is 2.37. The third kappa shape index (κ3) is 3.37. The zero-order valence-electron chi connectivity index (χ0n) is 11.9. The molecular formula is C17H25NO. The fourth-order valence-corrected chi connectivity index (χ4v) is 3.18. The number of hydrogen-bond acceptors (Lipinski definition) is 2. The molecule has 0 amide bonds. The number of ether oxygens (including phenoxy) is 1. The van der Waals surface area contributed by atoms with Crippen LogP contribution in [0, 0.1) is 12.8 Å². The monoisotopic (exact) mass is 259 g/mol. The van der Waals surface area contributed by atoms with E-state index in [1.54, 1.807) is 0 Å². The van der Waals surface area contributed by atoms with E-state index in [9.17, 15) is 0 Å². The molecule has 104 valence electrons. The van der Waals surface area contributed by atoms with Gasteiger partial charge in [-0.15, -0.1) is 0 Å². The molecule has 1 saturated heterocycles. The SMILES string of the molecule is Cc1ccc(C2CC(NCC3CCOCC3)C2)cc1. The Morgan fingerprint density at radius 1 is 1.11 bits per heavy atom. The molecule has 19 heavy (non-hydrogen) atoms. The van der Waals surface area contributed by atoms with E-state index in [4.69, 9.17) is 4.74 Å². The molecule has 1 aromatic carbocycles. The molecule has 0 bridgehead atoms. The Hall–Kier alpha value is -0.860. The summed E-state index contributed by atoms with van der Waals surface area (Å²) < 4.78 is 5.40. The molecule has 1 aliphatic carbocycles. The lowest BCUT2D eigenvalue weighted by Crippen LogP contribution is -2.42. The standard InChI is InChI=1S/C17H25NO/c1-13-2-4-15(5-3-13)16-10-17(11-16)18-12-14-6-8-19-9-7-14/h2-5,14,16-18H,6-12H2,1H3. The Morgan fingerprint density at radius 3 is 2.47 bits per heavy atom. The van der Waals surface area contributed by atoms with Gasteiger partial charge in [-0.25, -0.2) is 0 Å². The Labute approximate surface area is 116 Å². The van der Waals surface area contributed by atoms with Crippen LogP contribution >= 0.6 is 0 Å². The van der Waals surface area contributed by atoms with Crippen LogP contribution in [0.25, 0.3) is 0 Å². The van der Waals surface area contributed by atoms with Gasteiger partial charge < -0.3 is 10.1 Å². The van der Waals surface area contributed by atoms with Crippen molar-refractivity contribution in [3.63, 3.8) is 0 Å². The summed E-state index contributed by atoms with van der Waals surface area (Å²) in [6, 6.07) is 9.81. The van der Waals surface area contributed by atoms with Crippen molar-refractivity contribution >= 4 is 0 Å². The van der Waals surface area contributed by atoms with Gasteiger partial charge in [0.05, 0.1) is 0 Å². The Kier molecular flexibility index (Phi) is 4.19. The van der Waals surface area contributed by atoms with Crippen LogP contribution in [0.3, 0.4) is 0 Å². The van der Waals surface area contributed by atoms with Gasteiger partial charge in [-0.05, 0) is 56.6 Å². The van der Waals surface area contributed by atoms with E-state index < -0.39 is 0 Å². The largest absolute Gasteiger partial charge is 0.381 e. The van der Waals surface area contributed by atoms with Crippen molar-refractivity contribution < 1.29 is 4.74 Å². The zero-order valence-corrected chi connectivity index (χ0v) is 11.9. The fraction of sp³-hybridized carbons (Fsp3) is 0.647. The molecular weight excluding hydrogens is 234 g/mol. The van der Waals surface area contributed by atoms with Gasteiger partial charge in [-0.1, -0.05) is 29.8 Å². The predicted octanol–water partition coefficient (Wildman–Crippen LogP) is 3.26. The molecule has 2 aliphatic rings. The van der Waals surface area contributed by atoms with E-state index in [2.05, 4.69) is 36.5 Å². The average molecular weight is 259 g/mol. The number of aryl methyl sites for hydroxylation is 1.